The Hall–Kier alpha value is -1.55. The quantitative estimate of drug-likeness (QED) is 0.779. The molecule has 0 aromatic heterocycles. The number of unbranched alkanes of at least 4 members (excludes halogenated alkanes) is 1. The molecular formula is C19H28N2O2. The van der Waals surface area contributed by atoms with Crippen LogP contribution in [0.1, 0.15) is 38.2 Å². The van der Waals surface area contributed by atoms with Crippen LogP contribution in [-0.2, 0) is 11.3 Å². The van der Waals surface area contributed by atoms with Crippen molar-refractivity contribution < 1.29 is 9.53 Å². The van der Waals surface area contributed by atoms with Crippen molar-refractivity contribution in [1.82, 2.24) is 9.80 Å². The first-order valence-corrected chi connectivity index (χ1v) is 8.96. The van der Waals surface area contributed by atoms with Crippen molar-refractivity contribution in [2.75, 3.05) is 26.2 Å². The molecule has 2 bridgehead atoms. The van der Waals surface area contributed by atoms with Crippen LogP contribution in [0.3, 0.4) is 0 Å². The number of piperidine rings is 1. The van der Waals surface area contributed by atoms with E-state index in [0.717, 1.165) is 39.0 Å². The molecule has 3 aliphatic heterocycles. The molecule has 3 aliphatic rings. The first kappa shape index (κ1) is 16.3. The number of amides is 1. The van der Waals surface area contributed by atoms with E-state index in [1.165, 1.54) is 18.4 Å². The molecule has 1 aromatic rings. The lowest BCUT2D eigenvalue weighted by Crippen LogP contribution is -2.44. The van der Waals surface area contributed by atoms with Crippen LogP contribution in [-0.4, -0.2) is 48.2 Å². The van der Waals surface area contributed by atoms with E-state index in [1.807, 2.05) is 4.90 Å². The third-order valence-electron chi connectivity index (χ3n) is 5.04. The summed E-state index contributed by atoms with van der Waals surface area (Å²) in [6, 6.07) is 11.1. The Balaban J connectivity index is 1.60. The molecule has 3 fully saturated rings. The second-order valence-electron chi connectivity index (χ2n) is 6.89. The molecule has 0 radical (unpaired) electrons. The topological polar surface area (TPSA) is 32.8 Å². The highest BCUT2D eigenvalue weighted by molar-refractivity contribution is 5.67. The zero-order valence-corrected chi connectivity index (χ0v) is 14.1. The summed E-state index contributed by atoms with van der Waals surface area (Å²) >= 11 is 0. The van der Waals surface area contributed by atoms with Gasteiger partial charge in [0.15, 0.2) is 0 Å². The molecule has 126 valence electrons. The Morgan fingerprint density at radius 3 is 2.78 bits per heavy atom. The van der Waals surface area contributed by atoms with Gasteiger partial charge in [-0.25, -0.2) is 4.79 Å². The number of carbonyl (C=O) groups excluding carboxylic acids is 1. The SMILES string of the molecule is CCCCOC(=O)N1C[C@@H]2CC[C@H](C1)N(Cc1ccccc1)C2. The average molecular weight is 316 g/mol. The Kier molecular flexibility index (Phi) is 5.55. The lowest BCUT2D eigenvalue weighted by molar-refractivity contribution is 0.0952. The number of ether oxygens (including phenoxy) is 1. The number of nitrogens with zero attached hydrogens (tertiary/aromatic N) is 2. The molecule has 2 atom stereocenters. The van der Waals surface area contributed by atoms with Gasteiger partial charge in [-0.1, -0.05) is 43.7 Å². The van der Waals surface area contributed by atoms with Gasteiger partial charge in [0.1, 0.15) is 0 Å². The Morgan fingerprint density at radius 2 is 2.00 bits per heavy atom. The van der Waals surface area contributed by atoms with E-state index in [4.69, 9.17) is 4.74 Å². The first-order chi connectivity index (χ1) is 11.3. The van der Waals surface area contributed by atoms with E-state index in [0.29, 0.717) is 18.6 Å². The summed E-state index contributed by atoms with van der Waals surface area (Å²) in [4.78, 5) is 16.8. The van der Waals surface area contributed by atoms with Crippen molar-refractivity contribution in [3.63, 3.8) is 0 Å². The number of fused-ring (bicyclic) bond motifs is 4. The van der Waals surface area contributed by atoms with Crippen LogP contribution in [0, 0.1) is 5.92 Å². The van der Waals surface area contributed by atoms with Crippen molar-refractivity contribution in [3.8, 4) is 0 Å². The van der Waals surface area contributed by atoms with Crippen LogP contribution >= 0.6 is 0 Å². The largest absolute Gasteiger partial charge is 0.449 e. The Morgan fingerprint density at radius 1 is 1.17 bits per heavy atom. The van der Waals surface area contributed by atoms with E-state index < -0.39 is 0 Å². The predicted octanol–water partition coefficient (Wildman–Crippen LogP) is 3.52. The van der Waals surface area contributed by atoms with E-state index in [-0.39, 0.29) is 6.09 Å². The number of hydrogen-bond donors (Lipinski definition) is 0. The second-order valence-corrected chi connectivity index (χ2v) is 6.89. The maximum absolute atomic E-state index is 12.3. The second kappa shape index (κ2) is 7.82. The van der Waals surface area contributed by atoms with Gasteiger partial charge in [-0.15, -0.1) is 0 Å². The molecule has 3 saturated heterocycles. The normalized spacial score (nSPS) is 24.5. The summed E-state index contributed by atoms with van der Waals surface area (Å²) in [6.45, 7) is 6.41. The van der Waals surface area contributed by atoms with E-state index >= 15 is 0 Å². The molecule has 0 aliphatic carbocycles. The maximum Gasteiger partial charge on any atom is 0.409 e. The fraction of sp³-hybridized carbons (Fsp3) is 0.632. The van der Waals surface area contributed by atoms with Gasteiger partial charge in [0.2, 0.25) is 0 Å². The van der Waals surface area contributed by atoms with Gasteiger partial charge >= 0.3 is 6.09 Å². The highest BCUT2D eigenvalue weighted by Gasteiger charge is 2.36. The fourth-order valence-electron chi connectivity index (χ4n) is 3.73. The Bertz CT molecular complexity index is 505. The molecule has 0 spiro atoms. The molecular weight excluding hydrogens is 288 g/mol. The third-order valence-corrected chi connectivity index (χ3v) is 5.04. The van der Waals surface area contributed by atoms with Crippen molar-refractivity contribution in [3.05, 3.63) is 35.9 Å². The van der Waals surface area contributed by atoms with Crippen molar-refractivity contribution in [2.45, 2.75) is 45.2 Å². The lowest BCUT2D eigenvalue weighted by Gasteiger charge is -2.36. The van der Waals surface area contributed by atoms with Crippen LogP contribution in [0.4, 0.5) is 4.79 Å². The summed E-state index contributed by atoms with van der Waals surface area (Å²) in [7, 11) is 0. The minimum absolute atomic E-state index is 0.114. The molecule has 4 rings (SSSR count). The zero-order chi connectivity index (χ0) is 16.1. The fourth-order valence-corrected chi connectivity index (χ4v) is 3.73. The van der Waals surface area contributed by atoms with Crippen LogP contribution in [0.15, 0.2) is 30.3 Å². The van der Waals surface area contributed by atoms with Gasteiger partial charge in [0, 0.05) is 32.2 Å². The van der Waals surface area contributed by atoms with Gasteiger partial charge in [-0.05, 0) is 30.7 Å². The van der Waals surface area contributed by atoms with E-state index in [9.17, 15) is 4.79 Å². The minimum atomic E-state index is -0.114. The molecule has 0 saturated carbocycles. The van der Waals surface area contributed by atoms with Crippen LogP contribution in [0.5, 0.6) is 0 Å². The van der Waals surface area contributed by atoms with Crippen molar-refractivity contribution >= 4 is 6.09 Å². The molecule has 1 aromatic carbocycles. The van der Waals surface area contributed by atoms with Gasteiger partial charge in [0.05, 0.1) is 6.61 Å². The number of benzene rings is 1. The van der Waals surface area contributed by atoms with Crippen LogP contribution in [0.2, 0.25) is 0 Å². The molecule has 23 heavy (non-hydrogen) atoms. The van der Waals surface area contributed by atoms with E-state index in [1.54, 1.807) is 0 Å². The van der Waals surface area contributed by atoms with Crippen molar-refractivity contribution in [1.29, 1.82) is 0 Å². The molecule has 4 nitrogen and oxygen atoms in total. The third kappa shape index (κ3) is 4.25. The van der Waals surface area contributed by atoms with Crippen molar-refractivity contribution in [2.24, 2.45) is 5.92 Å². The highest BCUT2D eigenvalue weighted by atomic mass is 16.6. The molecule has 4 heteroatoms. The van der Waals surface area contributed by atoms with Crippen LogP contribution in [0.25, 0.3) is 0 Å². The summed E-state index contributed by atoms with van der Waals surface area (Å²) in [5, 5.41) is 0. The standard InChI is InChI=1S/C19H28N2O2/c1-2-3-11-23-19(22)21-14-17-9-10-18(15-21)20(13-17)12-16-7-5-4-6-8-16/h4-8,17-18H,2-3,9-15H2,1H3/t17-,18-/m1/s1. The van der Waals surface area contributed by atoms with Gasteiger partial charge in [0.25, 0.3) is 0 Å². The summed E-state index contributed by atoms with van der Waals surface area (Å²) in [6.07, 6.45) is 4.32. The summed E-state index contributed by atoms with van der Waals surface area (Å²) in [5.41, 5.74) is 1.36. The molecule has 1 amide bonds. The maximum atomic E-state index is 12.3. The van der Waals surface area contributed by atoms with Gasteiger partial charge < -0.3 is 9.64 Å². The van der Waals surface area contributed by atoms with Crippen LogP contribution < -0.4 is 0 Å². The number of hydrogen-bond acceptors (Lipinski definition) is 3. The highest BCUT2D eigenvalue weighted by Crippen LogP contribution is 2.29. The predicted molar refractivity (Wildman–Crippen MR) is 91.2 cm³/mol. The monoisotopic (exact) mass is 316 g/mol. The zero-order valence-electron chi connectivity index (χ0n) is 14.1. The molecule has 0 unspecified atom stereocenters. The summed E-state index contributed by atoms with van der Waals surface area (Å²) in [5.74, 6) is 0.580. The number of carbonyl (C=O) groups is 1. The van der Waals surface area contributed by atoms with Gasteiger partial charge in [-0.2, -0.15) is 0 Å². The van der Waals surface area contributed by atoms with Gasteiger partial charge in [-0.3, -0.25) is 4.90 Å². The Labute approximate surface area is 139 Å². The summed E-state index contributed by atoms with van der Waals surface area (Å²) < 4.78 is 5.42. The minimum Gasteiger partial charge on any atom is -0.449 e. The first-order valence-electron chi connectivity index (χ1n) is 8.96. The molecule has 0 N–H and O–H groups in total. The van der Waals surface area contributed by atoms with E-state index in [2.05, 4.69) is 42.2 Å². The lowest BCUT2D eigenvalue weighted by atomic mass is 9.94. The molecule has 3 heterocycles. The average Bonchev–Trinajstić information content (AvgIpc) is 2.88. The number of rotatable bonds is 5. The smallest absolute Gasteiger partial charge is 0.409 e.